The minimum absolute atomic E-state index is 0.0659. The van der Waals surface area contributed by atoms with Crippen molar-refractivity contribution in [1.29, 1.82) is 0 Å². The van der Waals surface area contributed by atoms with Crippen molar-refractivity contribution in [1.82, 2.24) is 0 Å². The van der Waals surface area contributed by atoms with Crippen LogP contribution < -0.4 is 0 Å². The Bertz CT molecular complexity index is 118. The summed E-state index contributed by atoms with van der Waals surface area (Å²) in [6, 6.07) is 0. The molecular formula is C10H24O6. The first kappa shape index (κ1) is 18.1. The van der Waals surface area contributed by atoms with Gasteiger partial charge < -0.3 is 29.9 Å². The van der Waals surface area contributed by atoms with Gasteiger partial charge in [-0.2, -0.15) is 0 Å². The molecular weight excluding hydrogens is 216 g/mol. The predicted molar refractivity (Wildman–Crippen MR) is 59.1 cm³/mol. The highest BCUT2D eigenvalue weighted by Gasteiger charge is 2.03. The van der Waals surface area contributed by atoms with Gasteiger partial charge in [0.1, 0.15) is 6.10 Å². The molecule has 16 heavy (non-hydrogen) atoms. The maximum absolute atomic E-state index is 8.55. The van der Waals surface area contributed by atoms with Crippen LogP contribution in [0.25, 0.3) is 0 Å². The summed E-state index contributed by atoms with van der Waals surface area (Å²) in [6.07, 6.45) is -0.934. The van der Waals surface area contributed by atoms with Crippen molar-refractivity contribution < 1.29 is 29.9 Å². The summed E-state index contributed by atoms with van der Waals surface area (Å²) in [6.45, 7) is 3.62. The molecule has 2 atom stereocenters. The molecule has 0 bridgehead atoms. The van der Waals surface area contributed by atoms with Crippen molar-refractivity contribution in [3.8, 4) is 0 Å². The Morgan fingerprint density at radius 2 is 1.44 bits per heavy atom. The summed E-state index contributed by atoms with van der Waals surface area (Å²) in [5.74, 6) is 0. The van der Waals surface area contributed by atoms with Gasteiger partial charge in [-0.3, -0.25) is 0 Å². The molecule has 2 unspecified atom stereocenters. The molecule has 0 fully saturated rings. The number of aliphatic hydroxyl groups excluding tert-OH is 4. The summed E-state index contributed by atoms with van der Waals surface area (Å²) in [4.78, 5) is 0. The SMILES string of the molecule is COC(C)COC(C)CO.OCC(O)CO. The summed E-state index contributed by atoms with van der Waals surface area (Å²) >= 11 is 0. The Kier molecular flexibility index (Phi) is 14.5. The summed E-state index contributed by atoms with van der Waals surface area (Å²) in [5.41, 5.74) is 0. The number of aliphatic hydroxyl groups is 4. The molecule has 0 saturated carbocycles. The lowest BCUT2D eigenvalue weighted by Crippen LogP contribution is -2.21. The van der Waals surface area contributed by atoms with Crippen LogP contribution in [0.15, 0.2) is 0 Å². The molecule has 0 aromatic rings. The molecule has 6 heteroatoms. The molecule has 0 rings (SSSR count). The van der Waals surface area contributed by atoms with Gasteiger partial charge in [0.25, 0.3) is 0 Å². The zero-order valence-electron chi connectivity index (χ0n) is 10.2. The fraction of sp³-hybridized carbons (Fsp3) is 1.00. The molecule has 0 amide bonds. The van der Waals surface area contributed by atoms with Crippen molar-refractivity contribution in [2.45, 2.75) is 32.2 Å². The highest BCUT2D eigenvalue weighted by atomic mass is 16.5. The number of hydrogen-bond acceptors (Lipinski definition) is 6. The van der Waals surface area contributed by atoms with Gasteiger partial charge >= 0.3 is 0 Å². The van der Waals surface area contributed by atoms with E-state index in [0.717, 1.165) is 0 Å². The van der Waals surface area contributed by atoms with E-state index in [0.29, 0.717) is 6.61 Å². The van der Waals surface area contributed by atoms with Crippen molar-refractivity contribution >= 4 is 0 Å². The largest absolute Gasteiger partial charge is 0.394 e. The van der Waals surface area contributed by atoms with Gasteiger partial charge in [-0.25, -0.2) is 0 Å². The fourth-order valence-corrected chi connectivity index (χ4v) is 0.478. The van der Waals surface area contributed by atoms with Crippen molar-refractivity contribution in [3.63, 3.8) is 0 Å². The van der Waals surface area contributed by atoms with Crippen molar-refractivity contribution in [3.05, 3.63) is 0 Å². The molecule has 0 aromatic carbocycles. The summed E-state index contributed by atoms with van der Waals surface area (Å²) in [7, 11) is 1.64. The Morgan fingerprint density at radius 3 is 1.69 bits per heavy atom. The van der Waals surface area contributed by atoms with Crippen molar-refractivity contribution in [2.24, 2.45) is 0 Å². The molecule has 4 N–H and O–H groups in total. The van der Waals surface area contributed by atoms with E-state index in [-0.39, 0.29) is 32.0 Å². The fourth-order valence-electron chi connectivity index (χ4n) is 0.478. The van der Waals surface area contributed by atoms with Crippen LogP contribution in [-0.4, -0.2) is 72.3 Å². The van der Waals surface area contributed by atoms with Crippen LogP contribution in [0, 0.1) is 0 Å². The van der Waals surface area contributed by atoms with E-state index in [2.05, 4.69) is 0 Å². The molecule has 0 heterocycles. The quantitative estimate of drug-likeness (QED) is 0.444. The summed E-state index contributed by atoms with van der Waals surface area (Å²) in [5, 5.41) is 32.6. The number of ether oxygens (including phenoxy) is 2. The lowest BCUT2D eigenvalue weighted by Gasteiger charge is -2.13. The second-order valence-corrected chi connectivity index (χ2v) is 3.39. The van der Waals surface area contributed by atoms with Crippen LogP contribution in [0.4, 0.5) is 0 Å². The van der Waals surface area contributed by atoms with Gasteiger partial charge in [-0.1, -0.05) is 0 Å². The van der Waals surface area contributed by atoms with Crippen LogP contribution in [0.3, 0.4) is 0 Å². The standard InChI is InChI=1S/C7H16O3.C3H8O3/c1-6(4-8)10-5-7(2)9-3;4-1-3(6)2-5/h6-8H,4-5H2,1-3H3;3-6H,1-2H2. The van der Waals surface area contributed by atoms with E-state index in [4.69, 9.17) is 29.9 Å². The van der Waals surface area contributed by atoms with E-state index in [1.807, 2.05) is 13.8 Å². The zero-order chi connectivity index (χ0) is 13.0. The molecule has 6 nitrogen and oxygen atoms in total. The monoisotopic (exact) mass is 240 g/mol. The van der Waals surface area contributed by atoms with Gasteiger partial charge in [0, 0.05) is 7.11 Å². The average molecular weight is 240 g/mol. The van der Waals surface area contributed by atoms with Crippen LogP contribution in [0.1, 0.15) is 13.8 Å². The predicted octanol–water partition coefficient (Wildman–Crippen LogP) is -1.25. The Labute approximate surface area is 96.4 Å². The van der Waals surface area contributed by atoms with Gasteiger partial charge in [0.2, 0.25) is 0 Å². The molecule has 0 saturated heterocycles. The summed E-state index contributed by atoms with van der Waals surface area (Å²) < 4.78 is 10.1. The maximum atomic E-state index is 8.55. The smallest absolute Gasteiger partial charge is 0.100 e. The molecule has 0 aliphatic heterocycles. The number of methoxy groups -OCH3 is 1. The third kappa shape index (κ3) is 13.8. The van der Waals surface area contributed by atoms with Gasteiger partial charge in [-0.05, 0) is 13.8 Å². The Morgan fingerprint density at radius 1 is 0.938 bits per heavy atom. The van der Waals surface area contributed by atoms with E-state index >= 15 is 0 Å². The van der Waals surface area contributed by atoms with E-state index in [1.54, 1.807) is 7.11 Å². The van der Waals surface area contributed by atoms with Gasteiger partial charge in [0.05, 0.1) is 38.6 Å². The van der Waals surface area contributed by atoms with Gasteiger partial charge in [0.15, 0.2) is 0 Å². The average Bonchev–Trinajstić information content (AvgIpc) is 2.34. The third-order valence-corrected chi connectivity index (χ3v) is 1.70. The molecule has 0 aromatic heterocycles. The van der Waals surface area contributed by atoms with E-state index in [9.17, 15) is 0 Å². The van der Waals surface area contributed by atoms with Crippen LogP contribution in [0.5, 0.6) is 0 Å². The molecule has 0 radical (unpaired) electrons. The normalized spacial score (nSPS) is 14.2. The first-order chi connectivity index (χ1) is 7.51. The Balaban J connectivity index is 0. The topological polar surface area (TPSA) is 99.4 Å². The van der Waals surface area contributed by atoms with E-state index < -0.39 is 6.10 Å². The van der Waals surface area contributed by atoms with Crippen LogP contribution in [-0.2, 0) is 9.47 Å². The first-order valence-corrected chi connectivity index (χ1v) is 5.16. The molecule has 0 spiro atoms. The highest BCUT2D eigenvalue weighted by molar-refractivity contribution is 4.49. The third-order valence-electron chi connectivity index (χ3n) is 1.70. The molecule has 0 aliphatic rings. The van der Waals surface area contributed by atoms with E-state index in [1.165, 1.54) is 0 Å². The Hall–Kier alpha value is -0.240. The van der Waals surface area contributed by atoms with Gasteiger partial charge in [-0.15, -0.1) is 0 Å². The zero-order valence-corrected chi connectivity index (χ0v) is 10.2. The number of hydrogen-bond donors (Lipinski definition) is 4. The van der Waals surface area contributed by atoms with Crippen LogP contribution in [0.2, 0.25) is 0 Å². The van der Waals surface area contributed by atoms with Crippen molar-refractivity contribution in [2.75, 3.05) is 33.5 Å². The highest BCUT2D eigenvalue weighted by Crippen LogP contribution is 1.93. The lowest BCUT2D eigenvalue weighted by atomic mass is 10.4. The first-order valence-electron chi connectivity index (χ1n) is 5.16. The number of rotatable bonds is 7. The lowest BCUT2D eigenvalue weighted by molar-refractivity contribution is -0.0313. The van der Waals surface area contributed by atoms with Crippen LogP contribution >= 0.6 is 0 Å². The second kappa shape index (κ2) is 12.8. The molecule has 0 aliphatic carbocycles. The maximum Gasteiger partial charge on any atom is 0.100 e. The second-order valence-electron chi connectivity index (χ2n) is 3.39. The molecule has 100 valence electrons. The minimum Gasteiger partial charge on any atom is -0.394 e. The minimum atomic E-state index is -0.954.